The molecule has 0 saturated heterocycles. The molecule has 3 aromatic rings. The van der Waals surface area contributed by atoms with Gasteiger partial charge in [0.15, 0.2) is 0 Å². The molecule has 0 aliphatic heterocycles. The van der Waals surface area contributed by atoms with Crippen molar-refractivity contribution in [3.8, 4) is 11.4 Å². The number of nitrogens with one attached hydrogen (secondary N) is 1. The highest BCUT2D eigenvalue weighted by Gasteiger charge is 2.11. The Kier molecular flexibility index (Phi) is 4.76. The SMILES string of the molecule is COc1ccccc1NC(=O)c1ccc(-n2nnnc2SC)cc1. The van der Waals surface area contributed by atoms with Gasteiger partial charge < -0.3 is 10.1 Å². The number of amides is 1. The molecule has 1 N–H and O–H groups in total. The highest BCUT2D eigenvalue weighted by Crippen LogP contribution is 2.24. The summed E-state index contributed by atoms with van der Waals surface area (Å²) in [5, 5.41) is 15.0. The molecule has 0 radical (unpaired) electrons. The fourth-order valence-corrected chi connectivity index (χ4v) is 2.60. The number of anilines is 1. The molecule has 0 aliphatic rings. The summed E-state index contributed by atoms with van der Waals surface area (Å²) in [5.74, 6) is 0.397. The standard InChI is InChI=1S/C16H15N5O2S/c1-23-14-6-4-3-5-13(14)17-15(22)11-7-9-12(10-8-11)21-16(24-2)18-19-20-21/h3-10H,1-2H3,(H,17,22). The Hall–Kier alpha value is -2.87. The number of methoxy groups -OCH3 is 1. The van der Waals surface area contributed by atoms with Gasteiger partial charge in [-0.2, -0.15) is 4.68 Å². The minimum atomic E-state index is -0.215. The summed E-state index contributed by atoms with van der Waals surface area (Å²) < 4.78 is 6.85. The van der Waals surface area contributed by atoms with Gasteiger partial charge in [-0.25, -0.2) is 0 Å². The predicted molar refractivity (Wildman–Crippen MR) is 91.9 cm³/mol. The molecule has 0 saturated carbocycles. The molecular formula is C16H15N5O2S. The summed E-state index contributed by atoms with van der Waals surface area (Å²) in [6.45, 7) is 0. The van der Waals surface area contributed by atoms with E-state index in [4.69, 9.17) is 4.74 Å². The van der Waals surface area contributed by atoms with Gasteiger partial charge in [-0.05, 0) is 53.1 Å². The first-order valence-electron chi connectivity index (χ1n) is 7.10. The number of carbonyl (C=O) groups excluding carboxylic acids is 1. The van der Waals surface area contributed by atoms with Crippen molar-refractivity contribution in [3.63, 3.8) is 0 Å². The number of nitrogens with zero attached hydrogens (tertiary/aromatic N) is 4. The van der Waals surface area contributed by atoms with E-state index < -0.39 is 0 Å². The molecule has 0 atom stereocenters. The van der Waals surface area contributed by atoms with Crippen molar-refractivity contribution in [2.45, 2.75) is 5.16 Å². The summed E-state index contributed by atoms with van der Waals surface area (Å²) in [7, 11) is 1.56. The molecule has 1 heterocycles. The number of ether oxygens (including phenoxy) is 1. The van der Waals surface area contributed by atoms with E-state index >= 15 is 0 Å². The first kappa shape index (κ1) is 16.0. The summed E-state index contributed by atoms with van der Waals surface area (Å²) in [6.07, 6.45) is 1.90. The second-order valence-corrected chi connectivity index (χ2v) is 5.55. The lowest BCUT2D eigenvalue weighted by molar-refractivity contribution is 0.102. The van der Waals surface area contributed by atoms with Gasteiger partial charge in [0.2, 0.25) is 5.16 Å². The lowest BCUT2D eigenvalue weighted by Crippen LogP contribution is -2.12. The van der Waals surface area contributed by atoms with Crippen molar-refractivity contribution in [1.29, 1.82) is 0 Å². The molecule has 2 aromatic carbocycles. The summed E-state index contributed by atoms with van der Waals surface area (Å²) in [6, 6.07) is 14.3. The van der Waals surface area contributed by atoms with E-state index in [1.54, 1.807) is 48.2 Å². The molecule has 1 aromatic heterocycles. The number of hydrogen-bond donors (Lipinski definition) is 1. The van der Waals surface area contributed by atoms with Crippen LogP contribution in [0.1, 0.15) is 10.4 Å². The molecule has 122 valence electrons. The number of aromatic nitrogens is 4. The molecular weight excluding hydrogens is 326 g/mol. The lowest BCUT2D eigenvalue weighted by atomic mass is 10.2. The van der Waals surface area contributed by atoms with E-state index in [0.29, 0.717) is 22.2 Å². The van der Waals surface area contributed by atoms with Crippen LogP contribution < -0.4 is 10.1 Å². The molecule has 3 rings (SSSR count). The number of thioether (sulfide) groups is 1. The highest BCUT2D eigenvalue weighted by molar-refractivity contribution is 7.98. The zero-order valence-electron chi connectivity index (χ0n) is 13.1. The van der Waals surface area contributed by atoms with Crippen LogP contribution >= 0.6 is 11.8 Å². The maximum Gasteiger partial charge on any atom is 0.255 e. The first-order chi connectivity index (χ1) is 11.7. The van der Waals surface area contributed by atoms with Gasteiger partial charge in [-0.15, -0.1) is 5.10 Å². The van der Waals surface area contributed by atoms with Crippen LogP contribution in [0.2, 0.25) is 0 Å². The zero-order valence-corrected chi connectivity index (χ0v) is 13.9. The van der Waals surface area contributed by atoms with Gasteiger partial charge in [0, 0.05) is 5.56 Å². The lowest BCUT2D eigenvalue weighted by Gasteiger charge is -2.10. The Morgan fingerprint density at radius 2 is 1.92 bits per heavy atom. The Labute approximate surface area is 143 Å². The van der Waals surface area contributed by atoms with Gasteiger partial charge in [-0.3, -0.25) is 4.79 Å². The average Bonchev–Trinajstić information content (AvgIpc) is 3.11. The van der Waals surface area contributed by atoms with Crippen LogP contribution in [0.4, 0.5) is 5.69 Å². The maximum absolute atomic E-state index is 12.4. The maximum atomic E-state index is 12.4. The van der Waals surface area contributed by atoms with Crippen molar-refractivity contribution < 1.29 is 9.53 Å². The van der Waals surface area contributed by atoms with Crippen LogP contribution in [0, 0.1) is 0 Å². The highest BCUT2D eigenvalue weighted by atomic mass is 32.2. The van der Waals surface area contributed by atoms with Crippen LogP contribution in [0.25, 0.3) is 5.69 Å². The normalized spacial score (nSPS) is 10.4. The molecule has 8 heteroatoms. The van der Waals surface area contributed by atoms with Crippen LogP contribution in [0.15, 0.2) is 53.7 Å². The number of rotatable bonds is 5. The summed E-state index contributed by atoms with van der Waals surface area (Å²) >= 11 is 1.45. The van der Waals surface area contributed by atoms with E-state index in [1.165, 1.54) is 11.8 Å². The van der Waals surface area contributed by atoms with Gasteiger partial charge in [0.25, 0.3) is 5.91 Å². The molecule has 0 aliphatic carbocycles. The fourth-order valence-electron chi connectivity index (χ4n) is 2.16. The fraction of sp³-hybridized carbons (Fsp3) is 0.125. The molecule has 1 amide bonds. The van der Waals surface area contributed by atoms with Crippen molar-refractivity contribution in [2.75, 3.05) is 18.7 Å². The topological polar surface area (TPSA) is 81.9 Å². The molecule has 0 unspecified atom stereocenters. The van der Waals surface area contributed by atoms with Crippen molar-refractivity contribution in [1.82, 2.24) is 20.2 Å². The second kappa shape index (κ2) is 7.14. The Morgan fingerprint density at radius 3 is 2.62 bits per heavy atom. The molecule has 0 bridgehead atoms. The van der Waals surface area contributed by atoms with E-state index in [1.807, 2.05) is 18.4 Å². The quantitative estimate of drug-likeness (QED) is 0.719. The van der Waals surface area contributed by atoms with Gasteiger partial charge in [-0.1, -0.05) is 23.9 Å². The summed E-state index contributed by atoms with van der Waals surface area (Å²) in [4.78, 5) is 12.4. The van der Waals surface area contributed by atoms with E-state index in [-0.39, 0.29) is 5.91 Å². The minimum absolute atomic E-state index is 0.215. The second-order valence-electron chi connectivity index (χ2n) is 4.78. The third kappa shape index (κ3) is 3.23. The smallest absolute Gasteiger partial charge is 0.255 e. The number of para-hydroxylation sites is 2. The molecule has 0 spiro atoms. The number of benzene rings is 2. The van der Waals surface area contributed by atoms with E-state index in [0.717, 1.165) is 5.69 Å². The van der Waals surface area contributed by atoms with Gasteiger partial charge >= 0.3 is 0 Å². The van der Waals surface area contributed by atoms with Crippen LogP contribution in [-0.4, -0.2) is 39.5 Å². The van der Waals surface area contributed by atoms with Crippen LogP contribution in [0.5, 0.6) is 5.75 Å². The zero-order chi connectivity index (χ0) is 16.9. The Morgan fingerprint density at radius 1 is 1.17 bits per heavy atom. The molecule has 24 heavy (non-hydrogen) atoms. The third-order valence-corrected chi connectivity index (χ3v) is 3.97. The molecule has 7 nitrogen and oxygen atoms in total. The number of carbonyl (C=O) groups is 1. The Bertz CT molecular complexity index is 848. The van der Waals surface area contributed by atoms with Crippen molar-refractivity contribution >= 4 is 23.4 Å². The summed E-state index contributed by atoms with van der Waals surface area (Å²) in [5.41, 5.74) is 1.95. The minimum Gasteiger partial charge on any atom is -0.495 e. The Balaban J connectivity index is 1.79. The predicted octanol–water partition coefficient (Wildman–Crippen LogP) is 2.65. The number of tetrazole rings is 1. The number of hydrogen-bond acceptors (Lipinski definition) is 6. The van der Waals surface area contributed by atoms with E-state index in [2.05, 4.69) is 20.8 Å². The monoisotopic (exact) mass is 341 g/mol. The average molecular weight is 341 g/mol. The third-order valence-electron chi connectivity index (χ3n) is 3.35. The van der Waals surface area contributed by atoms with E-state index in [9.17, 15) is 4.79 Å². The van der Waals surface area contributed by atoms with Crippen LogP contribution in [-0.2, 0) is 0 Å². The van der Waals surface area contributed by atoms with Crippen molar-refractivity contribution in [2.24, 2.45) is 0 Å². The van der Waals surface area contributed by atoms with Gasteiger partial charge in [0.1, 0.15) is 5.75 Å². The van der Waals surface area contributed by atoms with Gasteiger partial charge in [0.05, 0.1) is 18.5 Å². The first-order valence-corrected chi connectivity index (χ1v) is 8.32. The molecule has 0 fully saturated rings. The van der Waals surface area contributed by atoms with Crippen LogP contribution in [0.3, 0.4) is 0 Å². The van der Waals surface area contributed by atoms with Crippen molar-refractivity contribution in [3.05, 3.63) is 54.1 Å². The largest absolute Gasteiger partial charge is 0.495 e.